The molecule has 1 nitrogen and oxygen atoms in total. The summed E-state index contributed by atoms with van der Waals surface area (Å²) in [5.74, 6) is 1.47. The van der Waals surface area contributed by atoms with Crippen LogP contribution in [0.25, 0.3) is 0 Å². The molecule has 0 saturated carbocycles. The number of carbonyl (C=O) groups is 1. The second-order valence-electron chi connectivity index (χ2n) is 5.35. The van der Waals surface area contributed by atoms with Crippen molar-refractivity contribution in [3.8, 4) is 0 Å². The van der Waals surface area contributed by atoms with Crippen LogP contribution in [0.2, 0.25) is 0 Å². The highest BCUT2D eigenvalue weighted by molar-refractivity contribution is 8.01. The number of hydrogen-bond acceptors (Lipinski definition) is 2. The Kier molecular flexibility index (Phi) is 2.78. The smallest absolute Gasteiger partial charge is 0.178 e. The molecule has 1 aromatic carbocycles. The monoisotopic (exact) mass is 246 g/mol. The van der Waals surface area contributed by atoms with Gasteiger partial charge in [-0.05, 0) is 62.0 Å². The van der Waals surface area contributed by atoms with E-state index in [1.54, 1.807) is 0 Å². The van der Waals surface area contributed by atoms with Gasteiger partial charge in [0.05, 0.1) is 4.75 Å². The van der Waals surface area contributed by atoms with Gasteiger partial charge in [0, 0.05) is 5.56 Å². The molecule has 1 saturated heterocycles. The van der Waals surface area contributed by atoms with Crippen LogP contribution in [0.15, 0.2) is 18.2 Å². The molecular weight excluding hydrogens is 228 g/mol. The van der Waals surface area contributed by atoms with Gasteiger partial charge in [-0.3, -0.25) is 4.79 Å². The number of hydrogen-bond donors (Lipinski definition) is 0. The van der Waals surface area contributed by atoms with E-state index in [0.29, 0.717) is 5.78 Å². The van der Waals surface area contributed by atoms with E-state index < -0.39 is 0 Å². The Morgan fingerprint density at radius 2 is 2.06 bits per heavy atom. The average molecular weight is 246 g/mol. The molecule has 1 fully saturated rings. The normalized spacial score (nSPS) is 27.1. The van der Waals surface area contributed by atoms with Crippen LogP contribution < -0.4 is 0 Å². The maximum Gasteiger partial charge on any atom is 0.178 e. The van der Waals surface area contributed by atoms with Crippen molar-refractivity contribution in [2.24, 2.45) is 0 Å². The second kappa shape index (κ2) is 4.16. The molecule has 1 heterocycles. The lowest BCUT2D eigenvalue weighted by molar-refractivity contribution is 0.0949. The predicted molar refractivity (Wildman–Crippen MR) is 72.9 cm³/mol. The minimum Gasteiger partial charge on any atom is -0.293 e. The summed E-state index contributed by atoms with van der Waals surface area (Å²) in [6.45, 7) is 2.11. The Balaban J connectivity index is 1.91. The van der Waals surface area contributed by atoms with Crippen molar-refractivity contribution >= 4 is 17.5 Å². The molecule has 17 heavy (non-hydrogen) atoms. The molecule has 0 N–H and O–H groups in total. The predicted octanol–water partition coefficient (Wildman–Crippen LogP) is 3.64. The van der Waals surface area contributed by atoms with Crippen molar-refractivity contribution in [2.75, 3.05) is 5.75 Å². The minimum atomic E-state index is -0.160. The third-order valence-electron chi connectivity index (χ3n) is 4.06. The lowest BCUT2D eigenvalue weighted by Crippen LogP contribution is -2.28. The van der Waals surface area contributed by atoms with Crippen molar-refractivity contribution in [1.29, 1.82) is 0 Å². The Morgan fingerprint density at radius 3 is 2.82 bits per heavy atom. The number of carbonyl (C=O) groups excluding carboxylic acids is 1. The molecule has 1 aromatic rings. The lowest BCUT2D eigenvalue weighted by Gasteiger charge is -2.21. The number of benzene rings is 1. The third kappa shape index (κ3) is 1.93. The number of rotatable bonds is 2. The van der Waals surface area contributed by atoms with Gasteiger partial charge in [0.2, 0.25) is 0 Å². The largest absolute Gasteiger partial charge is 0.293 e. The fourth-order valence-corrected chi connectivity index (χ4v) is 4.25. The molecule has 90 valence electrons. The number of thioether (sulfide) groups is 1. The number of fused-ring (bicyclic) bond motifs is 1. The first-order chi connectivity index (χ1) is 8.19. The Bertz CT molecular complexity index is 458. The van der Waals surface area contributed by atoms with Gasteiger partial charge in [-0.15, -0.1) is 11.8 Å². The van der Waals surface area contributed by atoms with E-state index in [1.165, 1.54) is 30.4 Å². The summed E-state index contributed by atoms with van der Waals surface area (Å²) in [6.07, 6.45) is 5.81. The summed E-state index contributed by atoms with van der Waals surface area (Å²) in [5, 5.41) is 0. The summed E-state index contributed by atoms with van der Waals surface area (Å²) in [7, 11) is 0. The van der Waals surface area contributed by atoms with E-state index in [4.69, 9.17) is 0 Å². The van der Waals surface area contributed by atoms with Crippen molar-refractivity contribution in [3.63, 3.8) is 0 Å². The zero-order valence-electron chi connectivity index (χ0n) is 10.3. The standard InChI is InChI=1S/C15H18OS/c1-15(8-3-9-17-15)14(16)13-7-6-11-4-2-5-12(11)10-13/h6-7,10H,2-5,8-9H2,1H3. The summed E-state index contributed by atoms with van der Waals surface area (Å²) in [5.41, 5.74) is 3.79. The minimum absolute atomic E-state index is 0.160. The van der Waals surface area contributed by atoms with Crippen molar-refractivity contribution in [3.05, 3.63) is 34.9 Å². The summed E-state index contributed by atoms with van der Waals surface area (Å²) < 4.78 is -0.160. The summed E-state index contributed by atoms with van der Waals surface area (Å²) in [6, 6.07) is 6.35. The van der Waals surface area contributed by atoms with Gasteiger partial charge >= 0.3 is 0 Å². The van der Waals surface area contributed by atoms with Crippen LogP contribution in [0.1, 0.15) is 47.7 Å². The zero-order valence-corrected chi connectivity index (χ0v) is 11.1. The van der Waals surface area contributed by atoms with E-state index in [9.17, 15) is 4.79 Å². The highest BCUT2D eigenvalue weighted by Gasteiger charge is 2.37. The van der Waals surface area contributed by atoms with E-state index >= 15 is 0 Å². The molecular formula is C15H18OS. The Hall–Kier alpha value is -0.760. The molecule has 1 aliphatic carbocycles. The maximum absolute atomic E-state index is 12.5. The molecule has 0 amide bonds. The molecule has 2 aliphatic rings. The molecule has 1 atom stereocenters. The van der Waals surface area contributed by atoms with Crippen LogP contribution >= 0.6 is 11.8 Å². The van der Waals surface area contributed by atoms with E-state index in [0.717, 1.165) is 24.2 Å². The van der Waals surface area contributed by atoms with Gasteiger partial charge in [-0.2, -0.15) is 0 Å². The van der Waals surface area contributed by atoms with Gasteiger partial charge < -0.3 is 0 Å². The van der Waals surface area contributed by atoms with Crippen LogP contribution in [0, 0.1) is 0 Å². The number of ketones is 1. The summed E-state index contributed by atoms with van der Waals surface area (Å²) >= 11 is 1.83. The van der Waals surface area contributed by atoms with Gasteiger partial charge in [0.25, 0.3) is 0 Å². The van der Waals surface area contributed by atoms with Crippen molar-refractivity contribution in [2.45, 2.75) is 43.8 Å². The Labute approximate surface area is 107 Å². The fraction of sp³-hybridized carbons (Fsp3) is 0.533. The van der Waals surface area contributed by atoms with Gasteiger partial charge in [0.1, 0.15) is 0 Å². The van der Waals surface area contributed by atoms with Crippen LogP contribution in [-0.4, -0.2) is 16.3 Å². The molecule has 3 rings (SSSR count). The van der Waals surface area contributed by atoms with E-state index in [2.05, 4.69) is 19.1 Å². The number of aryl methyl sites for hydroxylation is 2. The third-order valence-corrected chi connectivity index (χ3v) is 5.58. The van der Waals surface area contributed by atoms with Crippen LogP contribution in [-0.2, 0) is 12.8 Å². The fourth-order valence-electron chi connectivity index (χ4n) is 2.98. The van der Waals surface area contributed by atoms with E-state index in [-0.39, 0.29) is 4.75 Å². The Morgan fingerprint density at radius 1 is 1.24 bits per heavy atom. The van der Waals surface area contributed by atoms with Crippen LogP contribution in [0.5, 0.6) is 0 Å². The molecule has 0 radical (unpaired) electrons. The second-order valence-corrected chi connectivity index (χ2v) is 6.95. The van der Waals surface area contributed by atoms with Gasteiger partial charge in [-0.25, -0.2) is 0 Å². The molecule has 1 aliphatic heterocycles. The first-order valence-corrected chi connectivity index (χ1v) is 7.48. The first-order valence-electron chi connectivity index (χ1n) is 6.50. The molecule has 0 bridgehead atoms. The summed E-state index contributed by atoms with van der Waals surface area (Å²) in [4.78, 5) is 12.5. The van der Waals surface area contributed by atoms with Crippen LogP contribution in [0.4, 0.5) is 0 Å². The number of Topliss-reactive ketones (excluding diaryl/α,β-unsaturated/α-hetero) is 1. The molecule has 2 heteroatoms. The SMILES string of the molecule is CC1(C(=O)c2ccc3c(c2)CCC3)CCCS1. The molecule has 0 spiro atoms. The van der Waals surface area contributed by atoms with Gasteiger partial charge in [0.15, 0.2) is 5.78 Å². The topological polar surface area (TPSA) is 17.1 Å². The highest BCUT2D eigenvalue weighted by Crippen LogP contribution is 2.40. The zero-order chi connectivity index (χ0) is 11.9. The molecule has 1 unspecified atom stereocenters. The van der Waals surface area contributed by atoms with Gasteiger partial charge in [-0.1, -0.05) is 12.1 Å². The maximum atomic E-state index is 12.5. The molecule has 0 aromatic heterocycles. The van der Waals surface area contributed by atoms with Crippen molar-refractivity contribution < 1.29 is 4.79 Å². The first kappa shape index (κ1) is 11.3. The quantitative estimate of drug-likeness (QED) is 0.741. The lowest BCUT2D eigenvalue weighted by atomic mass is 9.93. The van der Waals surface area contributed by atoms with E-state index in [1.807, 2.05) is 17.8 Å². The highest BCUT2D eigenvalue weighted by atomic mass is 32.2. The van der Waals surface area contributed by atoms with Crippen molar-refractivity contribution in [1.82, 2.24) is 0 Å². The average Bonchev–Trinajstić information content (AvgIpc) is 2.96. The van der Waals surface area contributed by atoms with Crippen LogP contribution in [0.3, 0.4) is 0 Å².